The maximum absolute atomic E-state index is 12.6. The van der Waals surface area contributed by atoms with E-state index in [1.54, 1.807) is 29.1 Å². The van der Waals surface area contributed by atoms with Gasteiger partial charge in [0, 0.05) is 37.1 Å². The van der Waals surface area contributed by atoms with Crippen LogP contribution in [-0.4, -0.2) is 22.6 Å². The van der Waals surface area contributed by atoms with Crippen molar-refractivity contribution in [2.75, 3.05) is 18.0 Å². The van der Waals surface area contributed by atoms with Crippen LogP contribution in [0.25, 0.3) is 0 Å². The second-order valence-electron chi connectivity index (χ2n) is 7.04. The Morgan fingerprint density at radius 2 is 1.92 bits per heavy atom. The first-order chi connectivity index (χ1) is 12.1. The van der Waals surface area contributed by atoms with E-state index in [4.69, 9.17) is 0 Å². The van der Waals surface area contributed by atoms with Gasteiger partial charge in [-0.15, -0.1) is 0 Å². The van der Waals surface area contributed by atoms with Crippen LogP contribution in [0.1, 0.15) is 42.9 Å². The Labute approximate surface area is 145 Å². The van der Waals surface area contributed by atoms with Gasteiger partial charge < -0.3 is 9.47 Å². The quantitative estimate of drug-likeness (QED) is 0.831. The molecular formula is C19H21F2N3O. The summed E-state index contributed by atoms with van der Waals surface area (Å²) in [5.41, 5.74) is 1.13. The van der Waals surface area contributed by atoms with Crippen molar-refractivity contribution in [2.24, 2.45) is 5.92 Å². The second-order valence-corrected chi connectivity index (χ2v) is 7.04. The highest BCUT2D eigenvalue weighted by molar-refractivity contribution is 5.38. The van der Waals surface area contributed by atoms with Crippen LogP contribution in [0, 0.1) is 5.92 Å². The SMILES string of the molecule is O=c1c(N2CCC(Cc3ccc(C(F)F)cc3)C2)nccn1C1CC1. The van der Waals surface area contributed by atoms with Crippen molar-refractivity contribution in [3.8, 4) is 0 Å². The van der Waals surface area contributed by atoms with Crippen molar-refractivity contribution in [1.82, 2.24) is 9.55 Å². The molecule has 0 spiro atoms. The Balaban J connectivity index is 1.43. The minimum Gasteiger partial charge on any atom is -0.352 e. The molecule has 1 saturated heterocycles. The summed E-state index contributed by atoms with van der Waals surface area (Å²) in [6.45, 7) is 1.60. The van der Waals surface area contributed by atoms with Gasteiger partial charge in [-0.2, -0.15) is 0 Å². The van der Waals surface area contributed by atoms with Gasteiger partial charge in [0.05, 0.1) is 0 Å². The van der Waals surface area contributed by atoms with Gasteiger partial charge in [0.1, 0.15) is 0 Å². The molecule has 2 heterocycles. The molecule has 4 rings (SSSR count). The first-order valence-corrected chi connectivity index (χ1v) is 8.81. The van der Waals surface area contributed by atoms with Gasteiger partial charge in [-0.25, -0.2) is 13.8 Å². The maximum Gasteiger partial charge on any atom is 0.293 e. The molecule has 132 valence electrons. The van der Waals surface area contributed by atoms with Gasteiger partial charge in [-0.1, -0.05) is 24.3 Å². The molecule has 1 aromatic carbocycles. The maximum atomic E-state index is 12.6. The fraction of sp³-hybridized carbons (Fsp3) is 0.474. The Morgan fingerprint density at radius 3 is 2.60 bits per heavy atom. The molecule has 0 radical (unpaired) electrons. The van der Waals surface area contributed by atoms with Gasteiger partial charge in [-0.3, -0.25) is 4.79 Å². The fourth-order valence-corrected chi connectivity index (χ4v) is 3.60. The average Bonchev–Trinajstić information content (AvgIpc) is 3.35. The summed E-state index contributed by atoms with van der Waals surface area (Å²) in [5.74, 6) is 0.957. The molecule has 2 aliphatic rings. The predicted octanol–water partition coefficient (Wildman–Crippen LogP) is 3.58. The van der Waals surface area contributed by atoms with E-state index in [2.05, 4.69) is 9.88 Å². The lowest BCUT2D eigenvalue weighted by molar-refractivity contribution is 0.151. The van der Waals surface area contributed by atoms with Gasteiger partial charge in [0.15, 0.2) is 5.82 Å². The highest BCUT2D eigenvalue weighted by Gasteiger charge is 2.29. The van der Waals surface area contributed by atoms with Crippen LogP contribution in [0.3, 0.4) is 0 Å². The number of anilines is 1. The largest absolute Gasteiger partial charge is 0.352 e. The third-order valence-electron chi connectivity index (χ3n) is 5.13. The molecule has 2 aromatic rings. The number of rotatable bonds is 5. The summed E-state index contributed by atoms with van der Waals surface area (Å²) < 4.78 is 27.1. The smallest absolute Gasteiger partial charge is 0.293 e. The number of hydrogen-bond donors (Lipinski definition) is 0. The molecule has 1 saturated carbocycles. The summed E-state index contributed by atoms with van der Waals surface area (Å²) in [6.07, 6.45) is 5.03. The lowest BCUT2D eigenvalue weighted by Crippen LogP contribution is -2.31. The topological polar surface area (TPSA) is 38.1 Å². The minimum absolute atomic E-state index is 0.00642. The molecule has 1 aliphatic heterocycles. The van der Waals surface area contributed by atoms with Crippen LogP contribution in [0.2, 0.25) is 0 Å². The first kappa shape index (κ1) is 16.2. The number of halogens is 2. The van der Waals surface area contributed by atoms with Crippen molar-refractivity contribution < 1.29 is 8.78 Å². The van der Waals surface area contributed by atoms with Crippen molar-refractivity contribution in [2.45, 2.75) is 38.2 Å². The monoisotopic (exact) mass is 345 g/mol. The summed E-state index contributed by atoms with van der Waals surface area (Å²) >= 11 is 0. The van der Waals surface area contributed by atoms with E-state index in [-0.39, 0.29) is 11.1 Å². The van der Waals surface area contributed by atoms with Crippen LogP contribution < -0.4 is 10.5 Å². The number of nitrogens with zero attached hydrogens (tertiary/aromatic N) is 3. The molecule has 4 nitrogen and oxygen atoms in total. The average molecular weight is 345 g/mol. The molecule has 25 heavy (non-hydrogen) atoms. The minimum atomic E-state index is -2.42. The number of hydrogen-bond acceptors (Lipinski definition) is 3. The van der Waals surface area contributed by atoms with Gasteiger partial charge >= 0.3 is 0 Å². The summed E-state index contributed by atoms with van der Waals surface area (Å²) in [4.78, 5) is 19.0. The van der Waals surface area contributed by atoms with E-state index in [1.165, 1.54) is 12.1 Å². The lowest BCUT2D eigenvalue weighted by Gasteiger charge is -2.18. The molecule has 2 fully saturated rings. The Hall–Kier alpha value is -2.24. The van der Waals surface area contributed by atoms with Gasteiger partial charge in [0.2, 0.25) is 0 Å². The fourth-order valence-electron chi connectivity index (χ4n) is 3.60. The molecule has 1 atom stereocenters. The van der Waals surface area contributed by atoms with E-state index < -0.39 is 6.43 Å². The van der Waals surface area contributed by atoms with Gasteiger partial charge in [0.25, 0.3) is 12.0 Å². The Bertz CT molecular complexity index is 799. The molecule has 6 heteroatoms. The predicted molar refractivity (Wildman–Crippen MR) is 92.2 cm³/mol. The van der Waals surface area contributed by atoms with Crippen molar-refractivity contribution in [1.29, 1.82) is 0 Å². The Morgan fingerprint density at radius 1 is 1.16 bits per heavy atom. The van der Waals surface area contributed by atoms with E-state index >= 15 is 0 Å². The molecule has 1 aliphatic carbocycles. The molecular weight excluding hydrogens is 324 g/mol. The van der Waals surface area contributed by atoms with Crippen LogP contribution in [0.4, 0.5) is 14.6 Å². The zero-order valence-corrected chi connectivity index (χ0v) is 13.9. The first-order valence-electron chi connectivity index (χ1n) is 8.81. The third kappa shape index (κ3) is 3.43. The van der Waals surface area contributed by atoms with E-state index in [1.807, 2.05) is 0 Å². The van der Waals surface area contributed by atoms with Crippen LogP contribution >= 0.6 is 0 Å². The molecule has 0 bridgehead atoms. The van der Waals surface area contributed by atoms with E-state index in [9.17, 15) is 13.6 Å². The zero-order valence-electron chi connectivity index (χ0n) is 13.9. The molecule has 1 unspecified atom stereocenters. The second kappa shape index (κ2) is 6.58. The Kier molecular flexibility index (Phi) is 4.27. The van der Waals surface area contributed by atoms with E-state index in [0.29, 0.717) is 17.8 Å². The van der Waals surface area contributed by atoms with E-state index in [0.717, 1.165) is 44.3 Å². The van der Waals surface area contributed by atoms with Crippen molar-refractivity contribution in [3.05, 3.63) is 58.1 Å². The van der Waals surface area contributed by atoms with Crippen LogP contribution in [-0.2, 0) is 6.42 Å². The van der Waals surface area contributed by atoms with Crippen LogP contribution in [0.5, 0.6) is 0 Å². The molecule has 0 amide bonds. The van der Waals surface area contributed by atoms with Crippen molar-refractivity contribution >= 4 is 5.82 Å². The summed E-state index contributed by atoms with van der Waals surface area (Å²) in [5, 5.41) is 0. The van der Waals surface area contributed by atoms with Crippen LogP contribution in [0.15, 0.2) is 41.5 Å². The van der Waals surface area contributed by atoms with Gasteiger partial charge in [-0.05, 0) is 37.2 Å². The van der Waals surface area contributed by atoms with Crippen molar-refractivity contribution in [3.63, 3.8) is 0 Å². The number of benzene rings is 1. The highest BCUT2D eigenvalue weighted by atomic mass is 19.3. The zero-order chi connectivity index (χ0) is 17.4. The summed E-state index contributed by atoms with van der Waals surface area (Å²) in [6, 6.07) is 6.91. The standard InChI is InChI=1S/C19H21F2N3O/c20-17(21)15-3-1-13(2-4-15)11-14-7-9-23(12-14)18-19(25)24(10-8-22-18)16-5-6-16/h1-4,8,10,14,16-17H,5-7,9,11-12H2. The summed E-state index contributed by atoms with van der Waals surface area (Å²) in [7, 11) is 0. The highest BCUT2D eigenvalue weighted by Crippen LogP contribution is 2.33. The normalized spacial score (nSPS) is 20.4. The third-order valence-corrected chi connectivity index (χ3v) is 5.13. The molecule has 0 N–H and O–H groups in total. The molecule has 1 aromatic heterocycles. The number of alkyl halides is 2. The lowest BCUT2D eigenvalue weighted by atomic mass is 9.98. The number of aromatic nitrogens is 2.